The third kappa shape index (κ3) is 4.05. The first-order valence-electron chi connectivity index (χ1n) is 11.4. The van der Waals surface area contributed by atoms with Crippen LogP contribution in [0.4, 0.5) is 0 Å². The van der Waals surface area contributed by atoms with E-state index in [-0.39, 0.29) is 29.7 Å². The molecular formula is C26H26N6O3. The van der Waals surface area contributed by atoms with E-state index < -0.39 is 0 Å². The SMILES string of the molecule is Cc1cc(C)c(CNC(=O)c2cc(-c3ccc4[nH]c(=O)[nH]c4c3)cc3c2cnn3C(C)C)c(=O)[nH]1. The molecule has 0 aliphatic heterocycles. The number of aryl methyl sites for hydroxylation is 2. The highest BCUT2D eigenvalue weighted by molar-refractivity contribution is 6.08. The number of carbonyl (C=O) groups excluding carboxylic acids is 1. The Morgan fingerprint density at radius 1 is 1.00 bits per heavy atom. The van der Waals surface area contributed by atoms with Crippen molar-refractivity contribution in [1.82, 2.24) is 30.0 Å². The molecule has 0 aliphatic carbocycles. The van der Waals surface area contributed by atoms with Crippen molar-refractivity contribution in [3.05, 3.63) is 85.8 Å². The van der Waals surface area contributed by atoms with Gasteiger partial charge in [0.1, 0.15) is 0 Å². The highest BCUT2D eigenvalue weighted by Crippen LogP contribution is 2.30. The summed E-state index contributed by atoms with van der Waals surface area (Å²) < 4.78 is 1.88. The number of carbonyl (C=O) groups is 1. The van der Waals surface area contributed by atoms with Gasteiger partial charge < -0.3 is 20.3 Å². The van der Waals surface area contributed by atoms with Crippen LogP contribution in [0.5, 0.6) is 0 Å². The Morgan fingerprint density at radius 2 is 1.77 bits per heavy atom. The van der Waals surface area contributed by atoms with Gasteiger partial charge in [-0.2, -0.15) is 5.10 Å². The number of imidazole rings is 1. The van der Waals surface area contributed by atoms with Crippen molar-refractivity contribution in [2.24, 2.45) is 0 Å². The molecule has 0 bridgehead atoms. The fourth-order valence-electron chi connectivity index (χ4n) is 4.49. The van der Waals surface area contributed by atoms with Crippen LogP contribution in [0.2, 0.25) is 0 Å². The molecule has 0 radical (unpaired) electrons. The Kier molecular flexibility index (Phi) is 5.39. The summed E-state index contributed by atoms with van der Waals surface area (Å²) in [4.78, 5) is 45.8. The van der Waals surface area contributed by atoms with E-state index in [0.29, 0.717) is 22.2 Å². The fourth-order valence-corrected chi connectivity index (χ4v) is 4.49. The van der Waals surface area contributed by atoms with E-state index in [1.165, 1.54) is 0 Å². The highest BCUT2D eigenvalue weighted by Gasteiger charge is 2.18. The lowest BCUT2D eigenvalue weighted by atomic mass is 9.99. The lowest BCUT2D eigenvalue weighted by molar-refractivity contribution is 0.0952. The summed E-state index contributed by atoms with van der Waals surface area (Å²) in [6.07, 6.45) is 1.70. The average Bonchev–Trinajstić information content (AvgIpc) is 3.39. The summed E-state index contributed by atoms with van der Waals surface area (Å²) >= 11 is 0. The van der Waals surface area contributed by atoms with Crippen LogP contribution in [0.25, 0.3) is 33.1 Å². The summed E-state index contributed by atoms with van der Waals surface area (Å²) in [6, 6.07) is 11.4. The molecule has 1 amide bonds. The number of rotatable bonds is 5. The van der Waals surface area contributed by atoms with Gasteiger partial charge in [0.05, 0.1) is 28.3 Å². The van der Waals surface area contributed by atoms with Gasteiger partial charge in [-0.25, -0.2) is 4.79 Å². The van der Waals surface area contributed by atoms with Crippen molar-refractivity contribution < 1.29 is 4.79 Å². The van der Waals surface area contributed by atoms with Crippen molar-refractivity contribution in [3.63, 3.8) is 0 Å². The van der Waals surface area contributed by atoms with Gasteiger partial charge in [0.2, 0.25) is 0 Å². The van der Waals surface area contributed by atoms with Crippen molar-refractivity contribution in [1.29, 1.82) is 0 Å². The van der Waals surface area contributed by atoms with Crippen LogP contribution in [0.1, 0.15) is 47.1 Å². The zero-order valence-electron chi connectivity index (χ0n) is 19.9. The molecule has 0 atom stereocenters. The van der Waals surface area contributed by atoms with E-state index in [4.69, 9.17) is 0 Å². The Morgan fingerprint density at radius 3 is 2.51 bits per heavy atom. The van der Waals surface area contributed by atoms with Crippen molar-refractivity contribution >= 4 is 27.8 Å². The molecule has 0 saturated heterocycles. The Balaban J connectivity index is 1.59. The lowest BCUT2D eigenvalue weighted by Gasteiger charge is -2.13. The van der Waals surface area contributed by atoms with Gasteiger partial charge in [-0.1, -0.05) is 6.07 Å². The summed E-state index contributed by atoms with van der Waals surface area (Å²) in [6.45, 7) is 7.85. The van der Waals surface area contributed by atoms with Crippen molar-refractivity contribution in [2.45, 2.75) is 40.3 Å². The van der Waals surface area contributed by atoms with Crippen molar-refractivity contribution in [2.75, 3.05) is 0 Å². The van der Waals surface area contributed by atoms with Gasteiger partial charge in [0.15, 0.2) is 0 Å². The predicted molar refractivity (Wildman–Crippen MR) is 136 cm³/mol. The van der Waals surface area contributed by atoms with E-state index in [1.54, 1.807) is 6.20 Å². The molecular weight excluding hydrogens is 444 g/mol. The smallest absolute Gasteiger partial charge is 0.323 e. The molecule has 5 rings (SSSR count). The molecule has 9 heteroatoms. The zero-order valence-corrected chi connectivity index (χ0v) is 19.9. The number of H-pyrrole nitrogens is 3. The van der Waals surface area contributed by atoms with E-state index in [2.05, 4.69) is 25.4 Å². The van der Waals surface area contributed by atoms with Crippen LogP contribution in [0.15, 0.2) is 52.2 Å². The molecule has 4 N–H and O–H groups in total. The molecule has 0 spiro atoms. The van der Waals surface area contributed by atoms with Crippen LogP contribution in [0.3, 0.4) is 0 Å². The molecule has 2 aromatic carbocycles. The first-order chi connectivity index (χ1) is 16.7. The van der Waals surface area contributed by atoms with Crippen LogP contribution in [0, 0.1) is 13.8 Å². The normalized spacial score (nSPS) is 11.6. The maximum absolute atomic E-state index is 13.4. The number of aromatic nitrogens is 5. The topological polar surface area (TPSA) is 128 Å². The first-order valence-corrected chi connectivity index (χ1v) is 11.4. The molecule has 0 fully saturated rings. The minimum atomic E-state index is -0.296. The molecule has 35 heavy (non-hydrogen) atoms. The first kappa shape index (κ1) is 22.4. The molecule has 3 aromatic heterocycles. The predicted octanol–water partition coefficient (Wildman–Crippen LogP) is 3.69. The molecule has 0 saturated carbocycles. The Labute approximate surface area is 200 Å². The highest BCUT2D eigenvalue weighted by atomic mass is 16.2. The minimum absolute atomic E-state index is 0.0935. The van der Waals surface area contributed by atoms with Crippen LogP contribution in [-0.4, -0.2) is 30.6 Å². The summed E-state index contributed by atoms with van der Waals surface area (Å²) in [5, 5.41) is 8.15. The summed E-state index contributed by atoms with van der Waals surface area (Å²) in [5.41, 5.74) is 6.01. The zero-order chi connectivity index (χ0) is 24.9. The quantitative estimate of drug-likeness (QED) is 0.312. The third-order valence-electron chi connectivity index (χ3n) is 6.22. The third-order valence-corrected chi connectivity index (χ3v) is 6.22. The number of hydrogen-bond acceptors (Lipinski definition) is 4. The number of nitrogens with zero attached hydrogens (tertiary/aromatic N) is 2. The molecule has 0 aliphatic rings. The van der Waals surface area contributed by atoms with Gasteiger partial charge in [0.25, 0.3) is 11.5 Å². The number of amides is 1. The maximum Gasteiger partial charge on any atom is 0.323 e. The fraction of sp³-hybridized carbons (Fsp3) is 0.231. The Bertz CT molecular complexity index is 1720. The summed E-state index contributed by atoms with van der Waals surface area (Å²) in [7, 11) is 0. The van der Waals surface area contributed by atoms with Crippen LogP contribution >= 0.6 is 0 Å². The monoisotopic (exact) mass is 470 g/mol. The van der Waals surface area contributed by atoms with E-state index >= 15 is 0 Å². The number of aromatic amines is 3. The molecule has 178 valence electrons. The standard InChI is InChI=1S/C26H26N6O3/c1-13(2)32-23-10-17(16-5-6-21-22(9-16)31-26(35)30-21)8-18(20(23)12-28-32)24(33)27-11-19-14(3)7-15(4)29-25(19)34/h5-10,12-13H,11H2,1-4H3,(H,27,33)(H,29,34)(H2,30,31,35). The molecule has 5 aromatic rings. The number of hydrogen-bond donors (Lipinski definition) is 4. The molecule has 9 nitrogen and oxygen atoms in total. The van der Waals surface area contributed by atoms with E-state index in [1.807, 2.05) is 68.8 Å². The molecule has 0 unspecified atom stereocenters. The second kappa shape index (κ2) is 8.43. The maximum atomic E-state index is 13.4. The van der Waals surface area contributed by atoms with Gasteiger partial charge in [-0.05, 0) is 74.7 Å². The second-order valence-corrected chi connectivity index (χ2v) is 9.10. The van der Waals surface area contributed by atoms with E-state index in [0.717, 1.165) is 33.3 Å². The van der Waals surface area contributed by atoms with Crippen LogP contribution < -0.4 is 16.6 Å². The van der Waals surface area contributed by atoms with Crippen LogP contribution in [-0.2, 0) is 6.54 Å². The van der Waals surface area contributed by atoms with Gasteiger partial charge in [0, 0.05) is 29.2 Å². The number of pyridine rings is 1. The average molecular weight is 471 g/mol. The minimum Gasteiger partial charge on any atom is -0.348 e. The van der Waals surface area contributed by atoms with Gasteiger partial charge in [-0.15, -0.1) is 0 Å². The van der Waals surface area contributed by atoms with E-state index in [9.17, 15) is 14.4 Å². The number of nitrogens with one attached hydrogen (secondary N) is 4. The molecule has 3 heterocycles. The Hall–Kier alpha value is -4.40. The number of benzene rings is 2. The van der Waals surface area contributed by atoms with Gasteiger partial charge in [-0.3, -0.25) is 14.3 Å². The summed E-state index contributed by atoms with van der Waals surface area (Å²) in [5.74, 6) is -0.296. The largest absolute Gasteiger partial charge is 0.348 e. The van der Waals surface area contributed by atoms with Gasteiger partial charge >= 0.3 is 5.69 Å². The second-order valence-electron chi connectivity index (χ2n) is 9.10. The lowest BCUT2D eigenvalue weighted by Crippen LogP contribution is -2.28. The number of fused-ring (bicyclic) bond motifs is 2. The van der Waals surface area contributed by atoms with Crippen molar-refractivity contribution in [3.8, 4) is 11.1 Å².